The van der Waals surface area contributed by atoms with Crippen molar-refractivity contribution in [1.82, 2.24) is 0 Å². The summed E-state index contributed by atoms with van der Waals surface area (Å²) in [5, 5.41) is 246. The Balaban J connectivity index is 1.06. The maximum absolute atomic E-state index is 11.7. The Morgan fingerprint density at radius 2 is 0.372 bits per heavy atom. The first-order valence-corrected chi connectivity index (χ1v) is 24.7. The maximum atomic E-state index is 11.7. The number of ether oxygens (including phenoxy) is 13. The summed E-state index contributed by atoms with van der Waals surface area (Å²) >= 11 is 0. The highest BCUT2D eigenvalue weighted by Gasteiger charge is 2.59. The summed E-state index contributed by atoms with van der Waals surface area (Å²) in [6.45, 7) is -7.04. The quantitative estimate of drug-likeness (QED) is 0.0571. The molecule has 7 aliphatic rings. The van der Waals surface area contributed by atoms with Crippen LogP contribution in [0.5, 0.6) is 0 Å². The molecule has 0 aromatic rings. The van der Waals surface area contributed by atoms with E-state index in [1.807, 2.05) is 0 Å². The fourth-order valence-corrected chi connectivity index (χ4v) is 9.97. The van der Waals surface area contributed by atoms with Crippen LogP contribution in [0.2, 0.25) is 0 Å². The molecule has 23 N–H and O–H groups in total. The van der Waals surface area contributed by atoms with Crippen molar-refractivity contribution in [3.8, 4) is 0 Å². The Morgan fingerprint density at radius 1 is 0.192 bits per heavy atom. The lowest BCUT2D eigenvalue weighted by molar-refractivity contribution is -0.400. The molecular weight excluding hydrogens is 1080 g/mol. The molecule has 0 aromatic carbocycles. The molecule has 78 heavy (non-hydrogen) atoms. The average Bonchev–Trinajstić information content (AvgIpc) is 3.48. The van der Waals surface area contributed by atoms with Gasteiger partial charge >= 0.3 is 0 Å². The molecule has 456 valence electrons. The number of rotatable bonds is 19. The van der Waals surface area contributed by atoms with Crippen LogP contribution in [0, 0.1) is 0 Å². The highest BCUT2D eigenvalue weighted by molar-refractivity contribution is 5.01. The predicted octanol–water partition coefficient (Wildman–Crippen LogP) is -16.3. The summed E-state index contributed by atoms with van der Waals surface area (Å²) in [5.41, 5.74) is 0. The van der Waals surface area contributed by atoms with Crippen LogP contribution in [-0.2, 0) is 61.6 Å². The largest absolute Gasteiger partial charge is 0.394 e. The molecule has 0 radical (unpaired) electrons. The first kappa shape index (κ1) is 64.1. The van der Waals surface area contributed by atoms with Crippen molar-refractivity contribution in [3.05, 3.63) is 0 Å². The number of hydrogen-bond donors (Lipinski definition) is 23. The smallest absolute Gasteiger partial charge is 0.187 e. The van der Waals surface area contributed by atoms with Gasteiger partial charge in [-0.05, 0) is 0 Å². The second-order valence-corrected chi connectivity index (χ2v) is 19.6. The third-order valence-corrected chi connectivity index (χ3v) is 14.5. The summed E-state index contributed by atoms with van der Waals surface area (Å²) in [7, 11) is 0. The minimum absolute atomic E-state index is 0.880. The van der Waals surface area contributed by atoms with Gasteiger partial charge in [-0.15, -0.1) is 0 Å². The maximum Gasteiger partial charge on any atom is 0.187 e. The fourth-order valence-electron chi connectivity index (χ4n) is 9.97. The van der Waals surface area contributed by atoms with E-state index < -0.39 is 261 Å². The minimum atomic E-state index is -2.33. The lowest BCUT2D eigenvalue weighted by Crippen LogP contribution is -2.69. The lowest BCUT2D eigenvalue weighted by Gasteiger charge is -2.50. The van der Waals surface area contributed by atoms with Gasteiger partial charge < -0.3 is 179 Å². The summed E-state index contributed by atoms with van der Waals surface area (Å²) in [5.74, 6) is 0. The molecule has 36 nitrogen and oxygen atoms in total. The van der Waals surface area contributed by atoms with Crippen LogP contribution in [0.1, 0.15) is 0 Å². The lowest BCUT2D eigenvalue weighted by atomic mass is 9.95. The Kier molecular flexibility index (Phi) is 22.6. The number of hydrogen-bond acceptors (Lipinski definition) is 36. The third kappa shape index (κ3) is 12.9. The molecule has 0 bridgehead atoms. The van der Waals surface area contributed by atoms with E-state index in [1.165, 1.54) is 0 Å². The van der Waals surface area contributed by atoms with Gasteiger partial charge in [0, 0.05) is 0 Å². The fraction of sp³-hybridized carbons (Fsp3) is 1.00. The predicted molar refractivity (Wildman–Crippen MR) is 232 cm³/mol. The molecule has 0 amide bonds. The van der Waals surface area contributed by atoms with E-state index in [0.717, 1.165) is 0 Å². The van der Waals surface area contributed by atoms with Gasteiger partial charge in [-0.3, -0.25) is 0 Å². The molecule has 7 saturated heterocycles. The molecule has 7 fully saturated rings. The van der Waals surface area contributed by atoms with Crippen molar-refractivity contribution >= 4 is 0 Å². The summed E-state index contributed by atoms with van der Waals surface area (Å²) in [6, 6.07) is 0. The molecular formula is C42H72O36. The van der Waals surface area contributed by atoms with Crippen molar-refractivity contribution in [2.45, 2.75) is 215 Å². The van der Waals surface area contributed by atoms with Crippen LogP contribution >= 0.6 is 0 Å². The van der Waals surface area contributed by atoms with Crippen LogP contribution < -0.4 is 0 Å². The molecule has 7 rings (SSSR count). The Labute approximate surface area is 439 Å². The van der Waals surface area contributed by atoms with Gasteiger partial charge in [0.15, 0.2) is 44.0 Å². The second kappa shape index (κ2) is 27.5. The number of aliphatic hydroxyl groups excluding tert-OH is 23. The zero-order chi connectivity index (χ0) is 57.3. The molecule has 36 heteroatoms. The van der Waals surface area contributed by atoms with Crippen LogP contribution in [-0.4, -0.2) is 379 Å². The molecule has 0 saturated carbocycles. The molecule has 0 aromatic heterocycles. The Hall–Kier alpha value is -1.44. The average molecular weight is 1150 g/mol. The van der Waals surface area contributed by atoms with Crippen molar-refractivity contribution in [2.75, 3.05) is 46.2 Å². The van der Waals surface area contributed by atoms with Crippen LogP contribution in [0.4, 0.5) is 0 Å². The topological polar surface area (TPSA) is 585 Å². The van der Waals surface area contributed by atoms with Crippen LogP contribution in [0.3, 0.4) is 0 Å². The molecule has 0 aliphatic carbocycles. The Bertz CT molecular complexity index is 1820. The van der Waals surface area contributed by atoms with E-state index >= 15 is 0 Å². The van der Waals surface area contributed by atoms with Crippen molar-refractivity contribution in [2.24, 2.45) is 0 Å². The van der Waals surface area contributed by atoms with Gasteiger partial charge in [-0.2, -0.15) is 0 Å². The van der Waals surface area contributed by atoms with E-state index in [0.29, 0.717) is 0 Å². The van der Waals surface area contributed by atoms with Crippen LogP contribution in [0.25, 0.3) is 0 Å². The molecule has 0 spiro atoms. The molecule has 7 aliphatic heterocycles. The van der Waals surface area contributed by atoms with Crippen molar-refractivity contribution in [3.63, 3.8) is 0 Å². The van der Waals surface area contributed by atoms with E-state index in [9.17, 15) is 117 Å². The first-order valence-electron chi connectivity index (χ1n) is 24.7. The van der Waals surface area contributed by atoms with E-state index in [4.69, 9.17) is 61.6 Å². The summed E-state index contributed by atoms with van der Waals surface area (Å²) in [6.07, 6.45) is -70.1. The van der Waals surface area contributed by atoms with E-state index in [-0.39, 0.29) is 0 Å². The van der Waals surface area contributed by atoms with Gasteiger partial charge in [-0.25, -0.2) is 0 Å². The van der Waals surface area contributed by atoms with Gasteiger partial charge in [0.1, 0.15) is 171 Å². The first-order chi connectivity index (χ1) is 37.0. The Morgan fingerprint density at radius 3 is 0.590 bits per heavy atom. The third-order valence-electron chi connectivity index (χ3n) is 14.5. The van der Waals surface area contributed by atoms with Crippen molar-refractivity contribution < 1.29 is 179 Å². The molecule has 0 unspecified atom stereocenters. The normalized spacial score (nSPS) is 53.5. The summed E-state index contributed by atoms with van der Waals surface area (Å²) in [4.78, 5) is 0. The second-order valence-electron chi connectivity index (χ2n) is 19.6. The SMILES string of the molecule is OC[C@H]1O[C@H](O[C@@H]2[C@@H](O)[C@H](O[C@@H]3[C@@H](O)[C@@H](O[C@@H]4[C@@H](O)[C@H](O[C@@H]5[C@@H](O)[C@@H](O[C@@H]6[C@@H](O)[C@H](O[C@@H]7[C@@H](O)[C@H](O)O[C@H](CO)[C@H]7O)O[C@H](CO)[C@H]6O)O[C@H](CO)[C@H]5O)O[C@H](CO)[C@H]4O)O[C@H](CO)[C@H]3O)O[C@H](CO)[C@H]2O)[C@H](O)[C@@H](O)[C@@H]1O. The minimum Gasteiger partial charge on any atom is -0.394 e. The number of aliphatic hydroxyl groups is 23. The van der Waals surface area contributed by atoms with E-state index in [1.54, 1.807) is 0 Å². The highest BCUT2D eigenvalue weighted by Crippen LogP contribution is 2.38. The van der Waals surface area contributed by atoms with E-state index in [2.05, 4.69) is 0 Å². The van der Waals surface area contributed by atoms with Gasteiger partial charge in [-0.1, -0.05) is 0 Å². The standard InChI is InChI=1S/C42H72O36/c43-1-8-15(50)22(57)23(58)37(67-8)74-31-17(52)10(3-45)69-39(25(31)60)76-33-19(54)12(5-47)71-41(27(33)62)78-35-21(56)14(7-49)72-42(29(35)64)77-34-20(55)13(6-48)70-40(28(34)63)75-32-18(53)11(4-46)68-38(26(32)61)73-30-16(51)9(2-44)66-36(65)24(30)59/h8-65H,1-7H2/t8-,9-,10-,11-,12-,13-,14-,15-,16-,17-,18-,19-,20-,21-,22+,23-,24-,25-,26-,27-,28-,29-,30+,31+,32+,33+,34+,35+,36-,37-,38+,39+,40-,41-,42+/m1/s1. The monoisotopic (exact) mass is 1150 g/mol. The zero-order valence-electron chi connectivity index (χ0n) is 40.8. The summed E-state index contributed by atoms with van der Waals surface area (Å²) < 4.78 is 72.0. The highest BCUT2D eigenvalue weighted by atomic mass is 16.8. The van der Waals surface area contributed by atoms with Gasteiger partial charge in [0.2, 0.25) is 0 Å². The van der Waals surface area contributed by atoms with Gasteiger partial charge in [0.25, 0.3) is 0 Å². The van der Waals surface area contributed by atoms with Gasteiger partial charge in [0.05, 0.1) is 46.2 Å². The zero-order valence-corrected chi connectivity index (χ0v) is 40.8. The molecule has 35 atom stereocenters. The van der Waals surface area contributed by atoms with Crippen molar-refractivity contribution in [1.29, 1.82) is 0 Å². The van der Waals surface area contributed by atoms with Crippen LogP contribution in [0.15, 0.2) is 0 Å². The molecule has 7 heterocycles.